The van der Waals surface area contributed by atoms with Crippen molar-refractivity contribution in [2.24, 2.45) is 5.92 Å². The van der Waals surface area contributed by atoms with E-state index in [1.165, 1.54) is 19.2 Å². The monoisotopic (exact) mass is 318 g/mol. The topological polar surface area (TPSA) is 67.4 Å². The maximum Gasteiger partial charge on any atom is 0.242 e. The minimum absolute atomic E-state index is 0.0577. The van der Waals surface area contributed by atoms with E-state index in [0.29, 0.717) is 18.2 Å². The second kappa shape index (κ2) is 6.76. The highest BCUT2D eigenvalue weighted by Gasteiger charge is 2.21. The molecule has 7 heteroatoms. The lowest BCUT2D eigenvalue weighted by molar-refractivity contribution is 0.375. The average molecular weight is 319 g/mol. The highest BCUT2D eigenvalue weighted by Crippen LogP contribution is 2.26. The molecule has 1 saturated heterocycles. The fourth-order valence-corrected chi connectivity index (χ4v) is 3.85. The van der Waals surface area contributed by atoms with Gasteiger partial charge in [0.15, 0.2) is 0 Å². The molecule has 0 radical (unpaired) electrons. The second-order valence-electron chi connectivity index (χ2n) is 4.86. The maximum absolute atomic E-state index is 12.3. The molecule has 1 aromatic carbocycles. The Labute approximate surface area is 124 Å². The summed E-state index contributed by atoms with van der Waals surface area (Å²) in [6.07, 6.45) is 2.10. The molecular weight excluding hydrogens is 300 g/mol. The van der Waals surface area contributed by atoms with Gasteiger partial charge in [-0.05, 0) is 44.0 Å². The van der Waals surface area contributed by atoms with Crippen LogP contribution in [-0.2, 0) is 10.0 Å². The number of hydrogen-bond donors (Lipinski definition) is 2. The zero-order valence-corrected chi connectivity index (χ0v) is 12.9. The fourth-order valence-electron chi connectivity index (χ4n) is 2.22. The number of benzene rings is 1. The van der Waals surface area contributed by atoms with Gasteiger partial charge < -0.3 is 10.1 Å². The summed E-state index contributed by atoms with van der Waals surface area (Å²) in [4.78, 5) is 0.0577. The summed E-state index contributed by atoms with van der Waals surface area (Å²) in [6.45, 7) is 2.27. The van der Waals surface area contributed by atoms with Crippen molar-refractivity contribution in [2.75, 3.05) is 26.7 Å². The number of ether oxygens (including phenoxy) is 1. The molecule has 0 aliphatic carbocycles. The summed E-state index contributed by atoms with van der Waals surface area (Å²) in [7, 11) is -2.13. The highest BCUT2D eigenvalue weighted by molar-refractivity contribution is 7.89. The molecule has 112 valence electrons. The number of rotatable bonds is 5. The molecule has 0 amide bonds. The first-order valence-electron chi connectivity index (χ1n) is 6.57. The molecule has 2 rings (SSSR count). The van der Waals surface area contributed by atoms with E-state index in [9.17, 15) is 8.42 Å². The van der Waals surface area contributed by atoms with E-state index in [2.05, 4.69) is 10.0 Å². The Bertz CT molecular complexity index is 557. The van der Waals surface area contributed by atoms with E-state index >= 15 is 0 Å². The van der Waals surface area contributed by atoms with Gasteiger partial charge >= 0.3 is 0 Å². The number of nitrogens with one attached hydrogen (secondary N) is 2. The molecule has 0 aromatic heterocycles. The standard InChI is InChI=1S/C13H19ClN2O3S/c1-19-11-4-5-12(14)13(7-11)20(17,18)16-9-10-3-2-6-15-8-10/h4-5,7,10,15-16H,2-3,6,8-9H2,1H3. The Balaban J connectivity index is 2.09. The van der Waals surface area contributed by atoms with E-state index < -0.39 is 10.0 Å². The molecule has 1 aliphatic heterocycles. The van der Waals surface area contributed by atoms with Crippen molar-refractivity contribution in [1.29, 1.82) is 0 Å². The molecule has 1 unspecified atom stereocenters. The third-order valence-electron chi connectivity index (χ3n) is 3.39. The van der Waals surface area contributed by atoms with Gasteiger partial charge in [0.2, 0.25) is 10.0 Å². The molecule has 0 saturated carbocycles. The van der Waals surface area contributed by atoms with E-state index in [-0.39, 0.29) is 9.92 Å². The molecule has 1 atom stereocenters. The van der Waals surface area contributed by atoms with E-state index in [1.807, 2.05) is 0 Å². The predicted molar refractivity (Wildman–Crippen MR) is 78.8 cm³/mol. The van der Waals surface area contributed by atoms with E-state index in [1.54, 1.807) is 6.07 Å². The summed E-state index contributed by atoms with van der Waals surface area (Å²) < 4.78 is 32.3. The Morgan fingerprint density at radius 1 is 1.50 bits per heavy atom. The van der Waals surface area contributed by atoms with Crippen LogP contribution in [-0.4, -0.2) is 35.2 Å². The number of hydrogen-bond acceptors (Lipinski definition) is 4. The summed E-state index contributed by atoms with van der Waals surface area (Å²) in [5.74, 6) is 0.789. The van der Waals surface area contributed by atoms with Gasteiger partial charge in [-0.3, -0.25) is 0 Å². The van der Waals surface area contributed by atoms with Crippen LogP contribution in [0.4, 0.5) is 0 Å². The fraction of sp³-hybridized carbons (Fsp3) is 0.538. The van der Waals surface area contributed by atoms with Gasteiger partial charge in [0, 0.05) is 12.6 Å². The van der Waals surface area contributed by atoms with Crippen LogP contribution < -0.4 is 14.8 Å². The normalized spacial score (nSPS) is 19.8. The molecule has 1 fully saturated rings. The van der Waals surface area contributed by atoms with Gasteiger partial charge in [-0.1, -0.05) is 11.6 Å². The minimum atomic E-state index is -3.61. The van der Waals surface area contributed by atoms with Gasteiger partial charge in [0.25, 0.3) is 0 Å². The SMILES string of the molecule is COc1ccc(Cl)c(S(=O)(=O)NCC2CCCNC2)c1. The van der Waals surface area contributed by atoms with Gasteiger partial charge in [0.05, 0.1) is 12.1 Å². The van der Waals surface area contributed by atoms with Crippen molar-refractivity contribution in [3.63, 3.8) is 0 Å². The van der Waals surface area contributed by atoms with E-state index in [0.717, 1.165) is 25.9 Å². The van der Waals surface area contributed by atoms with Crippen LogP contribution >= 0.6 is 11.6 Å². The smallest absolute Gasteiger partial charge is 0.242 e. The van der Waals surface area contributed by atoms with Crippen LogP contribution in [0.2, 0.25) is 5.02 Å². The molecule has 1 aromatic rings. The van der Waals surface area contributed by atoms with Crippen LogP contribution in [0.1, 0.15) is 12.8 Å². The summed E-state index contributed by atoms with van der Waals surface area (Å²) >= 11 is 5.97. The van der Waals surface area contributed by atoms with Crippen molar-refractivity contribution < 1.29 is 13.2 Å². The first-order valence-corrected chi connectivity index (χ1v) is 8.43. The van der Waals surface area contributed by atoms with Crippen molar-refractivity contribution >= 4 is 21.6 Å². The quantitative estimate of drug-likeness (QED) is 0.866. The van der Waals surface area contributed by atoms with Crippen LogP contribution in [0.3, 0.4) is 0 Å². The average Bonchev–Trinajstić information content (AvgIpc) is 2.47. The highest BCUT2D eigenvalue weighted by atomic mass is 35.5. The molecule has 2 N–H and O–H groups in total. The van der Waals surface area contributed by atoms with Crippen LogP contribution in [0.5, 0.6) is 5.75 Å². The molecule has 5 nitrogen and oxygen atoms in total. The van der Waals surface area contributed by atoms with Crippen molar-refractivity contribution in [2.45, 2.75) is 17.7 Å². The maximum atomic E-state index is 12.3. The number of sulfonamides is 1. The first kappa shape index (κ1) is 15.6. The lowest BCUT2D eigenvalue weighted by Crippen LogP contribution is -2.38. The molecule has 0 spiro atoms. The lowest BCUT2D eigenvalue weighted by Gasteiger charge is -2.23. The second-order valence-corrected chi connectivity index (χ2v) is 7.00. The number of methoxy groups -OCH3 is 1. The Hall–Kier alpha value is -0.820. The first-order chi connectivity index (χ1) is 9.53. The third-order valence-corrected chi connectivity index (χ3v) is 5.29. The summed E-state index contributed by atoms with van der Waals surface area (Å²) in [5, 5.41) is 3.45. The molecule has 1 aliphatic rings. The minimum Gasteiger partial charge on any atom is -0.497 e. The van der Waals surface area contributed by atoms with Gasteiger partial charge in [-0.2, -0.15) is 0 Å². The largest absolute Gasteiger partial charge is 0.497 e. The molecule has 20 heavy (non-hydrogen) atoms. The van der Waals surface area contributed by atoms with Gasteiger partial charge in [0.1, 0.15) is 10.6 Å². The van der Waals surface area contributed by atoms with Crippen molar-refractivity contribution in [1.82, 2.24) is 10.0 Å². The Morgan fingerprint density at radius 2 is 2.30 bits per heavy atom. The Kier molecular flexibility index (Phi) is 5.26. The summed E-state index contributed by atoms with van der Waals surface area (Å²) in [5.41, 5.74) is 0. The number of piperidine rings is 1. The predicted octanol–water partition coefficient (Wildman–Crippen LogP) is 1.63. The zero-order valence-electron chi connectivity index (χ0n) is 11.4. The van der Waals surface area contributed by atoms with Crippen LogP contribution in [0.15, 0.2) is 23.1 Å². The summed E-state index contributed by atoms with van der Waals surface area (Å²) in [6, 6.07) is 4.59. The van der Waals surface area contributed by atoms with Gasteiger partial charge in [-0.25, -0.2) is 13.1 Å². The Morgan fingerprint density at radius 3 is 2.95 bits per heavy atom. The molecule has 1 heterocycles. The van der Waals surface area contributed by atoms with Gasteiger partial charge in [-0.15, -0.1) is 0 Å². The van der Waals surface area contributed by atoms with Crippen LogP contribution in [0, 0.1) is 5.92 Å². The zero-order chi connectivity index (χ0) is 14.6. The number of halogens is 1. The van der Waals surface area contributed by atoms with E-state index in [4.69, 9.17) is 16.3 Å². The third kappa shape index (κ3) is 3.85. The van der Waals surface area contributed by atoms with Crippen molar-refractivity contribution in [3.8, 4) is 5.75 Å². The molecule has 0 bridgehead atoms. The molecular formula is C13H19ClN2O3S. The van der Waals surface area contributed by atoms with Crippen LogP contribution in [0.25, 0.3) is 0 Å². The lowest BCUT2D eigenvalue weighted by atomic mass is 10.0. The van der Waals surface area contributed by atoms with Crippen molar-refractivity contribution in [3.05, 3.63) is 23.2 Å².